The van der Waals surface area contributed by atoms with Gasteiger partial charge in [0.15, 0.2) is 0 Å². The molecule has 7 rings (SSSR count). The summed E-state index contributed by atoms with van der Waals surface area (Å²) in [7, 11) is 1.76. The molecule has 44 heavy (non-hydrogen) atoms. The number of rotatable bonds is 7. The fraction of sp³-hybridized carbons (Fsp3) is 0.0233. The number of ether oxygens (including phenoxy) is 1. The van der Waals surface area contributed by atoms with E-state index in [-0.39, 0.29) is 0 Å². The topological polar surface area (TPSA) is 9.23 Å². The second-order valence-corrected chi connectivity index (χ2v) is 10.8. The van der Waals surface area contributed by atoms with Crippen molar-refractivity contribution in [2.45, 2.75) is 0 Å². The van der Waals surface area contributed by atoms with Crippen LogP contribution in [0.5, 0.6) is 5.75 Å². The Morgan fingerprint density at radius 2 is 0.523 bits per heavy atom. The lowest BCUT2D eigenvalue weighted by Crippen LogP contribution is -2.02. The zero-order chi connectivity index (χ0) is 29.7. The second kappa shape index (κ2) is 12.3. The Kier molecular flexibility index (Phi) is 7.60. The lowest BCUT2D eigenvalue weighted by Gasteiger charge is -2.29. The first kappa shape index (κ1) is 27.2. The van der Waals surface area contributed by atoms with Crippen molar-refractivity contribution in [1.82, 2.24) is 0 Å². The van der Waals surface area contributed by atoms with Gasteiger partial charge >= 0.3 is 0 Å². The fourth-order valence-electron chi connectivity index (χ4n) is 6.34. The van der Waals surface area contributed by atoms with Crippen LogP contribution in [-0.4, -0.2) is 7.11 Å². The molecule has 0 heterocycles. The number of methoxy groups -OCH3 is 1. The molecule has 0 radical (unpaired) electrons. The van der Waals surface area contributed by atoms with Gasteiger partial charge in [-0.3, -0.25) is 0 Å². The summed E-state index contributed by atoms with van der Waals surface area (Å²) in [6.07, 6.45) is 0. The van der Waals surface area contributed by atoms with Gasteiger partial charge in [-0.25, -0.2) is 0 Å². The highest BCUT2D eigenvalue weighted by atomic mass is 16.5. The van der Waals surface area contributed by atoms with E-state index in [1.165, 1.54) is 33.4 Å². The van der Waals surface area contributed by atoms with Crippen molar-refractivity contribution >= 4 is 0 Å². The van der Waals surface area contributed by atoms with Gasteiger partial charge < -0.3 is 4.74 Å². The fourth-order valence-corrected chi connectivity index (χ4v) is 6.34. The zero-order valence-corrected chi connectivity index (χ0v) is 24.7. The highest BCUT2D eigenvalue weighted by Crippen LogP contribution is 2.56. The maximum absolute atomic E-state index is 6.09. The highest BCUT2D eigenvalue weighted by molar-refractivity contribution is 6.15. The molecule has 0 aliphatic heterocycles. The Morgan fingerprint density at radius 1 is 0.273 bits per heavy atom. The summed E-state index contributed by atoms with van der Waals surface area (Å²) in [5.74, 6) is 0.840. The van der Waals surface area contributed by atoms with Crippen molar-refractivity contribution in [1.29, 1.82) is 0 Å². The van der Waals surface area contributed by atoms with Gasteiger partial charge in [0.2, 0.25) is 0 Å². The van der Waals surface area contributed by atoms with Crippen molar-refractivity contribution in [2.24, 2.45) is 0 Å². The van der Waals surface area contributed by atoms with Crippen LogP contribution in [0.3, 0.4) is 0 Å². The average molecular weight is 565 g/mol. The molecule has 1 nitrogen and oxygen atoms in total. The van der Waals surface area contributed by atoms with E-state index in [0.29, 0.717) is 0 Å². The lowest BCUT2D eigenvalue weighted by molar-refractivity contribution is 0.416. The quantitative estimate of drug-likeness (QED) is 0.187. The lowest BCUT2D eigenvalue weighted by atomic mass is 9.74. The second-order valence-electron chi connectivity index (χ2n) is 10.8. The molecule has 0 fully saturated rings. The molecular formula is C43H32O. The van der Waals surface area contributed by atoms with Gasteiger partial charge in [0.05, 0.1) is 7.11 Å². The van der Waals surface area contributed by atoms with E-state index < -0.39 is 0 Å². The van der Waals surface area contributed by atoms with Crippen molar-refractivity contribution in [3.8, 4) is 72.5 Å². The van der Waals surface area contributed by atoms with Crippen LogP contribution >= 0.6 is 0 Å². The van der Waals surface area contributed by atoms with Crippen molar-refractivity contribution < 1.29 is 4.74 Å². The molecule has 0 N–H and O–H groups in total. The Balaban J connectivity index is 1.83. The van der Waals surface area contributed by atoms with Gasteiger partial charge in [-0.1, -0.05) is 170 Å². The first-order chi connectivity index (χ1) is 21.8. The molecule has 0 aromatic heterocycles. The predicted molar refractivity (Wildman–Crippen MR) is 186 cm³/mol. The third-order valence-corrected chi connectivity index (χ3v) is 8.19. The first-order valence-corrected chi connectivity index (χ1v) is 15.0. The minimum absolute atomic E-state index is 0.840. The Morgan fingerprint density at radius 3 is 0.818 bits per heavy atom. The van der Waals surface area contributed by atoms with Gasteiger partial charge in [0.1, 0.15) is 5.75 Å². The van der Waals surface area contributed by atoms with Crippen LogP contribution < -0.4 is 4.74 Å². The number of benzene rings is 7. The van der Waals surface area contributed by atoms with Crippen molar-refractivity contribution in [2.75, 3.05) is 7.11 Å². The Labute approximate surface area is 259 Å². The minimum atomic E-state index is 0.840. The molecule has 1 heteroatoms. The molecule has 0 saturated heterocycles. The molecule has 0 aliphatic carbocycles. The molecule has 210 valence electrons. The van der Waals surface area contributed by atoms with Crippen LogP contribution in [0.1, 0.15) is 0 Å². The number of hydrogen-bond acceptors (Lipinski definition) is 1. The molecule has 0 aliphatic rings. The average Bonchev–Trinajstić information content (AvgIpc) is 3.12. The first-order valence-electron chi connectivity index (χ1n) is 15.0. The van der Waals surface area contributed by atoms with E-state index in [2.05, 4.69) is 170 Å². The van der Waals surface area contributed by atoms with E-state index in [9.17, 15) is 0 Å². The summed E-state index contributed by atoms with van der Waals surface area (Å²) < 4.78 is 6.09. The van der Waals surface area contributed by atoms with Gasteiger partial charge in [-0.15, -0.1) is 0 Å². The monoisotopic (exact) mass is 564 g/mol. The van der Waals surface area contributed by atoms with E-state index in [4.69, 9.17) is 4.74 Å². The molecule has 0 amide bonds. The maximum atomic E-state index is 6.09. The van der Waals surface area contributed by atoms with Gasteiger partial charge in [0.25, 0.3) is 0 Å². The molecule has 0 saturated carbocycles. The van der Waals surface area contributed by atoms with Gasteiger partial charge in [0, 0.05) is 11.1 Å². The zero-order valence-electron chi connectivity index (χ0n) is 24.7. The van der Waals surface area contributed by atoms with Gasteiger partial charge in [-0.05, 0) is 61.7 Å². The maximum Gasteiger partial charge on any atom is 0.126 e. The van der Waals surface area contributed by atoms with Crippen LogP contribution in [0.15, 0.2) is 176 Å². The summed E-state index contributed by atoms with van der Waals surface area (Å²) in [5.41, 5.74) is 14.0. The van der Waals surface area contributed by atoms with Crippen molar-refractivity contribution in [3.05, 3.63) is 176 Å². The Bertz CT molecular complexity index is 1890. The SMILES string of the molecule is COc1ccccc1-c1c(-c2ccccc2)c(-c2ccccc2)c(-c2ccccc2)c(-c2ccccc2)c1-c1ccccc1. The molecule has 0 atom stereocenters. The molecule has 7 aromatic rings. The molecular weight excluding hydrogens is 532 g/mol. The van der Waals surface area contributed by atoms with Crippen LogP contribution in [0.4, 0.5) is 0 Å². The van der Waals surface area contributed by atoms with E-state index in [1.54, 1.807) is 7.11 Å². The summed E-state index contributed by atoms with van der Waals surface area (Å²) in [5, 5.41) is 0. The third kappa shape index (κ3) is 4.99. The predicted octanol–water partition coefficient (Wildman–Crippen LogP) is 11.7. The van der Waals surface area contributed by atoms with Crippen LogP contribution in [0, 0.1) is 0 Å². The minimum Gasteiger partial charge on any atom is -0.496 e. The van der Waals surface area contributed by atoms with Gasteiger partial charge in [-0.2, -0.15) is 0 Å². The third-order valence-electron chi connectivity index (χ3n) is 8.19. The smallest absolute Gasteiger partial charge is 0.126 e. The standard InChI is InChI=1S/C43H32O/c1-44-37-30-18-17-29-36(37)43-41(34-25-13-5-14-26-34)39(32-21-9-3-10-22-32)38(31-19-7-2-8-20-31)40(33-23-11-4-12-24-33)42(43)35-27-15-6-16-28-35/h2-30H,1H3. The molecule has 0 bridgehead atoms. The Hall–Kier alpha value is -5.66. The van der Waals surface area contributed by atoms with E-state index >= 15 is 0 Å². The summed E-state index contributed by atoms with van der Waals surface area (Å²) in [6, 6.07) is 62.5. The normalized spacial score (nSPS) is 10.8. The molecule has 0 spiro atoms. The number of hydrogen-bond donors (Lipinski definition) is 0. The number of para-hydroxylation sites is 1. The van der Waals surface area contributed by atoms with Crippen LogP contribution in [0.25, 0.3) is 66.8 Å². The van der Waals surface area contributed by atoms with Crippen LogP contribution in [-0.2, 0) is 0 Å². The molecule has 0 unspecified atom stereocenters. The van der Waals surface area contributed by atoms with E-state index in [1.807, 2.05) is 6.07 Å². The summed E-state index contributed by atoms with van der Waals surface area (Å²) in [6.45, 7) is 0. The largest absolute Gasteiger partial charge is 0.496 e. The summed E-state index contributed by atoms with van der Waals surface area (Å²) >= 11 is 0. The summed E-state index contributed by atoms with van der Waals surface area (Å²) in [4.78, 5) is 0. The highest BCUT2D eigenvalue weighted by Gasteiger charge is 2.29. The van der Waals surface area contributed by atoms with Crippen molar-refractivity contribution in [3.63, 3.8) is 0 Å². The van der Waals surface area contributed by atoms with Crippen LogP contribution in [0.2, 0.25) is 0 Å². The molecule has 7 aromatic carbocycles. The van der Waals surface area contributed by atoms with E-state index in [0.717, 1.165) is 39.1 Å².